The highest BCUT2D eigenvalue weighted by Gasteiger charge is 2.19. The van der Waals surface area contributed by atoms with Crippen molar-refractivity contribution >= 4 is 21.9 Å². The van der Waals surface area contributed by atoms with Gasteiger partial charge in [-0.25, -0.2) is 9.59 Å². The normalized spacial score (nSPS) is 10.9. The first kappa shape index (κ1) is 25.2. The number of rotatable bonds is 8. The predicted molar refractivity (Wildman–Crippen MR) is 130 cm³/mol. The van der Waals surface area contributed by atoms with Gasteiger partial charge in [0, 0.05) is 6.54 Å². The van der Waals surface area contributed by atoms with E-state index in [1.165, 1.54) is 0 Å². The zero-order chi connectivity index (χ0) is 25.0. The number of benzene rings is 2. The minimum absolute atomic E-state index is 0.0812. The van der Waals surface area contributed by atoms with Crippen LogP contribution in [-0.4, -0.2) is 60.0 Å². The maximum atomic E-state index is 12.5. The first-order chi connectivity index (χ1) is 16.1. The zero-order valence-electron chi connectivity index (χ0n) is 19.5. The maximum Gasteiger partial charge on any atom is 0.364 e. The van der Waals surface area contributed by atoms with Crippen LogP contribution in [0.5, 0.6) is 17.2 Å². The van der Waals surface area contributed by atoms with E-state index >= 15 is 0 Å². The summed E-state index contributed by atoms with van der Waals surface area (Å²) in [6, 6.07) is 8.69. The molecule has 0 saturated carbocycles. The lowest BCUT2D eigenvalue weighted by Crippen LogP contribution is -2.36. The van der Waals surface area contributed by atoms with Gasteiger partial charge in [0.15, 0.2) is 0 Å². The summed E-state index contributed by atoms with van der Waals surface area (Å²) in [5, 5.41) is 3.98. The summed E-state index contributed by atoms with van der Waals surface area (Å²) in [5.41, 5.74) is -0.385. The fourth-order valence-electron chi connectivity index (χ4n) is 3.14. The molecule has 0 unspecified atom stereocenters. The Balaban J connectivity index is 1.93. The van der Waals surface area contributed by atoms with Crippen molar-refractivity contribution in [2.24, 2.45) is 0 Å². The summed E-state index contributed by atoms with van der Waals surface area (Å²) in [4.78, 5) is 40.9. The first-order valence-corrected chi connectivity index (χ1v) is 11.1. The molecule has 2 aromatic carbocycles. The molecule has 3 rings (SSSR count). The van der Waals surface area contributed by atoms with Crippen LogP contribution in [0.4, 0.5) is 0 Å². The van der Waals surface area contributed by atoms with Crippen LogP contribution in [-0.2, 0) is 4.74 Å². The fraction of sp³-hybridized carbons (Fsp3) is 0.304. The summed E-state index contributed by atoms with van der Waals surface area (Å²) in [7, 11) is 5.23. The number of nitrogens with zero attached hydrogens (tertiary/aromatic N) is 3. The van der Waals surface area contributed by atoms with Gasteiger partial charge < -0.3 is 19.1 Å². The molecule has 0 amide bonds. The number of carbonyl (C=O) groups is 1. The molecule has 34 heavy (non-hydrogen) atoms. The molecular formula is C23H25BrN4O6. The summed E-state index contributed by atoms with van der Waals surface area (Å²) in [6.07, 6.45) is 0. The number of hydrogen-bond donors (Lipinski definition) is 1. The van der Waals surface area contributed by atoms with Gasteiger partial charge >= 0.3 is 11.7 Å². The lowest BCUT2D eigenvalue weighted by Gasteiger charge is -2.15. The third kappa shape index (κ3) is 5.72. The predicted octanol–water partition coefficient (Wildman–Crippen LogP) is 2.82. The van der Waals surface area contributed by atoms with Crippen LogP contribution in [0.2, 0.25) is 0 Å². The Hall–Kier alpha value is -3.44. The number of hydrogen-bond acceptors (Lipinski definition) is 8. The van der Waals surface area contributed by atoms with E-state index in [4.69, 9.17) is 14.2 Å². The molecule has 0 fully saturated rings. The van der Waals surface area contributed by atoms with Crippen LogP contribution in [0, 0.1) is 13.8 Å². The van der Waals surface area contributed by atoms with E-state index in [1.54, 1.807) is 37.4 Å². The standard InChI is InChI=1S/C23H25BrN4O6/c1-13-10-15(11-14(2)20(13)34-16-6-7-18(32-5)17(24)12-16)28-23(31)25-21(29)19(26-28)22(30)33-9-8-27(3)4/h6-7,10-12H,8-9H2,1-5H3,(H,25,29,31). The molecule has 0 aliphatic carbocycles. The number of H-pyrrole nitrogens is 1. The summed E-state index contributed by atoms with van der Waals surface area (Å²) < 4.78 is 18.1. The van der Waals surface area contributed by atoms with Crippen molar-refractivity contribution in [2.45, 2.75) is 13.8 Å². The van der Waals surface area contributed by atoms with Crippen molar-refractivity contribution in [3.63, 3.8) is 0 Å². The van der Waals surface area contributed by atoms with Crippen LogP contribution in [0.3, 0.4) is 0 Å². The second kappa shape index (κ2) is 10.7. The van der Waals surface area contributed by atoms with Crippen molar-refractivity contribution in [1.82, 2.24) is 19.7 Å². The van der Waals surface area contributed by atoms with E-state index in [1.807, 2.05) is 32.8 Å². The molecule has 0 radical (unpaired) electrons. The quantitative estimate of drug-likeness (QED) is 0.440. The van der Waals surface area contributed by atoms with Gasteiger partial charge in [-0.15, -0.1) is 0 Å². The number of likely N-dealkylation sites (N-methyl/N-ethyl adjacent to an activating group) is 1. The van der Waals surface area contributed by atoms with E-state index in [9.17, 15) is 14.4 Å². The van der Waals surface area contributed by atoms with Crippen LogP contribution in [0.1, 0.15) is 21.6 Å². The van der Waals surface area contributed by atoms with Crippen molar-refractivity contribution in [1.29, 1.82) is 0 Å². The lowest BCUT2D eigenvalue weighted by atomic mass is 10.1. The Labute approximate surface area is 204 Å². The second-order valence-electron chi connectivity index (χ2n) is 7.77. The third-order valence-electron chi connectivity index (χ3n) is 4.83. The van der Waals surface area contributed by atoms with Crippen molar-refractivity contribution in [3.05, 3.63) is 72.5 Å². The van der Waals surface area contributed by atoms with Crippen LogP contribution in [0.25, 0.3) is 5.69 Å². The van der Waals surface area contributed by atoms with Gasteiger partial charge in [0.2, 0.25) is 5.69 Å². The average molecular weight is 533 g/mol. The highest BCUT2D eigenvalue weighted by Crippen LogP contribution is 2.34. The molecule has 11 heteroatoms. The van der Waals surface area contributed by atoms with Gasteiger partial charge in [-0.2, -0.15) is 9.78 Å². The highest BCUT2D eigenvalue weighted by atomic mass is 79.9. The molecule has 0 spiro atoms. The van der Waals surface area contributed by atoms with E-state index in [0.29, 0.717) is 29.5 Å². The Morgan fingerprint density at radius 1 is 1.15 bits per heavy atom. The summed E-state index contributed by atoms with van der Waals surface area (Å²) in [5.74, 6) is 0.960. The van der Waals surface area contributed by atoms with Gasteiger partial charge in [0.1, 0.15) is 23.9 Å². The SMILES string of the molecule is COc1ccc(Oc2c(C)cc(-n3nc(C(=O)OCCN(C)C)c(=O)[nH]c3=O)cc2C)cc1Br. The molecule has 180 valence electrons. The fourth-order valence-corrected chi connectivity index (χ4v) is 3.66. The molecule has 0 aliphatic rings. The molecule has 10 nitrogen and oxygen atoms in total. The molecule has 0 bridgehead atoms. The number of nitrogens with one attached hydrogen (secondary N) is 1. The highest BCUT2D eigenvalue weighted by molar-refractivity contribution is 9.10. The van der Waals surface area contributed by atoms with Crippen LogP contribution >= 0.6 is 15.9 Å². The smallest absolute Gasteiger partial charge is 0.364 e. The Kier molecular flexibility index (Phi) is 7.90. The van der Waals surface area contributed by atoms with E-state index in [2.05, 4.69) is 26.0 Å². The molecule has 0 aliphatic heterocycles. The van der Waals surface area contributed by atoms with E-state index < -0.39 is 22.9 Å². The Morgan fingerprint density at radius 3 is 2.41 bits per heavy atom. The molecule has 1 N–H and O–H groups in total. The lowest BCUT2D eigenvalue weighted by molar-refractivity contribution is 0.0470. The number of esters is 1. The number of carbonyl (C=O) groups excluding carboxylic acids is 1. The second-order valence-corrected chi connectivity index (χ2v) is 8.62. The molecule has 0 saturated heterocycles. The van der Waals surface area contributed by atoms with Gasteiger partial charge in [0.25, 0.3) is 5.56 Å². The number of aryl methyl sites for hydroxylation is 2. The van der Waals surface area contributed by atoms with Gasteiger partial charge in [-0.1, -0.05) is 0 Å². The molecule has 3 aromatic rings. The van der Waals surface area contributed by atoms with Gasteiger partial charge in [-0.05, 0) is 85.3 Å². The minimum Gasteiger partial charge on any atom is -0.496 e. The minimum atomic E-state index is -0.908. The zero-order valence-corrected chi connectivity index (χ0v) is 21.1. The van der Waals surface area contributed by atoms with Crippen molar-refractivity contribution in [2.75, 3.05) is 34.4 Å². The van der Waals surface area contributed by atoms with Crippen LogP contribution < -0.4 is 20.7 Å². The number of aromatic nitrogens is 3. The summed E-state index contributed by atoms with van der Waals surface area (Å²) >= 11 is 3.43. The number of ether oxygens (including phenoxy) is 3. The largest absolute Gasteiger partial charge is 0.496 e. The molecular weight excluding hydrogens is 508 g/mol. The molecule has 0 atom stereocenters. The van der Waals surface area contributed by atoms with Crippen molar-refractivity contribution < 1.29 is 19.0 Å². The average Bonchev–Trinajstić information content (AvgIpc) is 2.76. The van der Waals surface area contributed by atoms with Gasteiger partial charge in [0.05, 0.1) is 17.3 Å². The monoisotopic (exact) mass is 532 g/mol. The topological polar surface area (TPSA) is 116 Å². The van der Waals surface area contributed by atoms with E-state index in [-0.39, 0.29) is 6.61 Å². The number of halogens is 1. The van der Waals surface area contributed by atoms with E-state index in [0.717, 1.165) is 20.3 Å². The van der Waals surface area contributed by atoms with Crippen LogP contribution in [0.15, 0.2) is 44.4 Å². The molecule has 1 aromatic heterocycles. The molecule has 1 heterocycles. The van der Waals surface area contributed by atoms with Crippen molar-refractivity contribution in [3.8, 4) is 22.9 Å². The first-order valence-electron chi connectivity index (χ1n) is 10.3. The Bertz CT molecular complexity index is 1310. The van der Waals surface area contributed by atoms with Gasteiger partial charge in [-0.3, -0.25) is 9.78 Å². The Morgan fingerprint density at radius 2 is 1.82 bits per heavy atom. The number of aromatic amines is 1. The maximum absolute atomic E-state index is 12.5. The third-order valence-corrected chi connectivity index (χ3v) is 5.45. The number of methoxy groups -OCH3 is 1. The summed E-state index contributed by atoms with van der Waals surface area (Å²) in [6.45, 7) is 4.20.